The first-order chi connectivity index (χ1) is 8.83. The van der Waals surface area contributed by atoms with Crippen LogP contribution in [-0.4, -0.2) is 25.3 Å². The highest BCUT2D eigenvalue weighted by Gasteiger charge is 2.20. The molecule has 0 aliphatic carbocycles. The number of epoxide rings is 1. The summed E-state index contributed by atoms with van der Waals surface area (Å²) in [5.41, 5.74) is 0. The van der Waals surface area contributed by atoms with Gasteiger partial charge in [0.1, 0.15) is 0 Å². The third-order valence-corrected chi connectivity index (χ3v) is 3.09. The van der Waals surface area contributed by atoms with Crippen LogP contribution < -0.4 is 0 Å². The van der Waals surface area contributed by atoms with E-state index in [1.54, 1.807) is 6.08 Å². The molecule has 0 amide bonds. The molecule has 1 fully saturated rings. The van der Waals surface area contributed by atoms with E-state index < -0.39 is 0 Å². The van der Waals surface area contributed by atoms with Crippen molar-refractivity contribution in [3.05, 3.63) is 12.2 Å². The number of carbonyl (C=O) groups is 1. The standard InChI is InChI=1S/C15H26O3/c1-2-17-15(16)12-10-8-6-4-3-5-7-9-11-14-13-18-14/h10,12,14H,2-9,11,13H2,1H3/b12-10+. The Morgan fingerprint density at radius 1 is 1.22 bits per heavy atom. The Kier molecular flexibility index (Phi) is 8.57. The number of allylic oxidation sites excluding steroid dienone is 1. The fourth-order valence-electron chi connectivity index (χ4n) is 1.95. The van der Waals surface area contributed by atoms with Crippen molar-refractivity contribution in [3.63, 3.8) is 0 Å². The third-order valence-electron chi connectivity index (χ3n) is 3.09. The molecular weight excluding hydrogens is 228 g/mol. The van der Waals surface area contributed by atoms with Gasteiger partial charge in [-0.25, -0.2) is 4.79 Å². The number of hydrogen-bond acceptors (Lipinski definition) is 3. The first-order valence-electron chi connectivity index (χ1n) is 7.28. The zero-order valence-corrected chi connectivity index (χ0v) is 11.5. The number of rotatable bonds is 11. The van der Waals surface area contributed by atoms with Crippen LogP contribution in [0.25, 0.3) is 0 Å². The van der Waals surface area contributed by atoms with Gasteiger partial charge in [0.25, 0.3) is 0 Å². The lowest BCUT2D eigenvalue weighted by atomic mass is 10.1. The van der Waals surface area contributed by atoms with E-state index in [4.69, 9.17) is 9.47 Å². The van der Waals surface area contributed by atoms with Gasteiger partial charge in [-0.3, -0.25) is 0 Å². The third kappa shape index (κ3) is 9.23. The SMILES string of the molecule is CCOC(=O)/C=C/CCCCCCCCC1CO1. The fourth-order valence-corrected chi connectivity index (χ4v) is 1.95. The maximum atomic E-state index is 11.0. The van der Waals surface area contributed by atoms with Crippen LogP contribution in [0.2, 0.25) is 0 Å². The maximum absolute atomic E-state index is 11.0. The summed E-state index contributed by atoms with van der Waals surface area (Å²) < 4.78 is 9.97. The number of ether oxygens (including phenoxy) is 2. The lowest BCUT2D eigenvalue weighted by molar-refractivity contribution is -0.137. The first-order valence-corrected chi connectivity index (χ1v) is 7.28. The van der Waals surface area contributed by atoms with Gasteiger partial charge in [0.05, 0.1) is 19.3 Å². The summed E-state index contributed by atoms with van der Waals surface area (Å²) in [6, 6.07) is 0. The molecule has 0 saturated carbocycles. The topological polar surface area (TPSA) is 38.8 Å². The highest BCUT2D eigenvalue weighted by atomic mass is 16.6. The van der Waals surface area contributed by atoms with Gasteiger partial charge in [0.15, 0.2) is 0 Å². The molecule has 0 N–H and O–H groups in total. The van der Waals surface area contributed by atoms with Gasteiger partial charge in [0, 0.05) is 6.08 Å². The van der Waals surface area contributed by atoms with Gasteiger partial charge in [-0.2, -0.15) is 0 Å². The second-order valence-electron chi connectivity index (χ2n) is 4.81. The highest BCUT2D eigenvalue weighted by molar-refractivity contribution is 5.81. The molecule has 1 aliphatic heterocycles. The van der Waals surface area contributed by atoms with E-state index in [2.05, 4.69) is 0 Å². The fraction of sp³-hybridized carbons (Fsp3) is 0.800. The molecule has 1 saturated heterocycles. The first kappa shape index (κ1) is 15.2. The summed E-state index contributed by atoms with van der Waals surface area (Å²) >= 11 is 0. The molecule has 1 atom stereocenters. The average Bonchev–Trinajstić information content (AvgIpc) is 3.16. The molecule has 1 heterocycles. The summed E-state index contributed by atoms with van der Waals surface area (Å²) in [5, 5.41) is 0. The molecular formula is C15H26O3. The molecule has 104 valence electrons. The van der Waals surface area contributed by atoms with Crippen molar-refractivity contribution in [2.75, 3.05) is 13.2 Å². The van der Waals surface area contributed by atoms with Crippen molar-refractivity contribution in [2.45, 2.75) is 64.4 Å². The molecule has 0 aromatic rings. The van der Waals surface area contributed by atoms with Crippen LogP contribution in [0.5, 0.6) is 0 Å². The predicted molar refractivity (Wildman–Crippen MR) is 72.4 cm³/mol. The van der Waals surface area contributed by atoms with E-state index in [-0.39, 0.29) is 5.97 Å². The summed E-state index contributed by atoms with van der Waals surface area (Å²) in [6.07, 6.45) is 14.0. The van der Waals surface area contributed by atoms with Crippen LogP contribution in [0.4, 0.5) is 0 Å². The van der Waals surface area contributed by atoms with Gasteiger partial charge in [0.2, 0.25) is 0 Å². The molecule has 1 unspecified atom stereocenters. The van der Waals surface area contributed by atoms with Crippen LogP contribution in [0.1, 0.15) is 58.3 Å². The summed E-state index contributed by atoms with van der Waals surface area (Å²) in [6.45, 7) is 3.27. The lowest BCUT2D eigenvalue weighted by Gasteiger charge is -1.99. The van der Waals surface area contributed by atoms with E-state index in [0.717, 1.165) is 13.0 Å². The highest BCUT2D eigenvalue weighted by Crippen LogP contribution is 2.18. The van der Waals surface area contributed by atoms with Crippen molar-refractivity contribution in [2.24, 2.45) is 0 Å². The molecule has 3 heteroatoms. The minimum absolute atomic E-state index is 0.222. The summed E-state index contributed by atoms with van der Waals surface area (Å²) in [4.78, 5) is 11.0. The van der Waals surface area contributed by atoms with Gasteiger partial charge in [-0.05, 0) is 26.2 Å². The molecule has 0 bridgehead atoms. The Morgan fingerprint density at radius 3 is 2.56 bits per heavy atom. The second kappa shape index (κ2) is 10.1. The Bertz CT molecular complexity index is 244. The van der Waals surface area contributed by atoms with E-state index in [0.29, 0.717) is 12.7 Å². The van der Waals surface area contributed by atoms with Gasteiger partial charge < -0.3 is 9.47 Å². The number of unbranched alkanes of at least 4 members (excludes halogenated alkanes) is 6. The van der Waals surface area contributed by atoms with Gasteiger partial charge >= 0.3 is 5.97 Å². The minimum Gasteiger partial charge on any atom is -0.463 e. The van der Waals surface area contributed by atoms with Gasteiger partial charge in [-0.15, -0.1) is 0 Å². The number of carbonyl (C=O) groups excluding carboxylic acids is 1. The molecule has 0 spiro atoms. The van der Waals surface area contributed by atoms with E-state index >= 15 is 0 Å². The molecule has 0 aromatic carbocycles. The second-order valence-corrected chi connectivity index (χ2v) is 4.81. The molecule has 3 nitrogen and oxygen atoms in total. The van der Waals surface area contributed by atoms with Crippen LogP contribution in [0, 0.1) is 0 Å². The van der Waals surface area contributed by atoms with Crippen LogP contribution in [0.15, 0.2) is 12.2 Å². The monoisotopic (exact) mass is 254 g/mol. The Balaban J connectivity index is 1.75. The zero-order valence-electron chi connectivity index (χ0n) is 11.5. The van der Waals surface area contributed by atoms with Crippen molar-refractivity contribution in [1.29, 1.82) is 0 Å². The van der Waals surface area contributed by atoms with Crippen molar-refractivity contribution in [1.82, 2.24) is 0 Å². The van der Waals surface area contributed by atoms with Crippen molar-refractivity contribution < 1.29 is 14.3 Å². The number of hydrogen-bond donors (Lipinski definition) is 0. The predicted octanol–water partition coefficient (Wildman–Crippen LogP) is 3.63. The maximum Gasteiger partial charge on any atom is 0.330 e. The largest absolute Gasteiger partial charge is 0.463 e. The van der Waals surface area contributed by atoms with Crippen LogP contribution in [-0.2, 0) is 14.3 Å². The molecule has 18 heavy (non-hydrogen) atoms. The molecule has 0 aromatic heterocycles. The van der Waals surface area contributed by atoms with E-state index in [1.807, 2.05) is 13.0 Å². The quantitative estimate of drug-likeness (QED) is 0.245. The van der Waals surface area contributed by atoms with Crippen LogP contribution in [0.3, 0.4) is 0 Å². The smallest absolute Gasteiger partial charge is 0.330 e. The Hall–Kier alpha value is -0.830. The molecule has 1 aliphatic rings. The van der Waals surface area contributed by atoms with Gasteiger partial charge in [-0.1, -0.05) is 38.2 Å². The van der Waals surface area contributed by atoms with E-state index in [1.165, 1.54) is 44.9 Å². The van der Waals surface area contributed by atoms with Crippen molar-refractivity contribution >= 4 is 5.97 Å². The zero-order chi connectivity index (χ0) is 13.1. The van der Waals surface area contributed by atoms with Crippen molar-refractivity contribution in [3.8, 4) is 0 Å². The Morgan fingerprint density at radius 2 is 1.89 bits per heavy atom. The number of esters is 1. The van der Waals surface area contributed by atoms with Crippen LogP contribution >= 0.6 is 0 Å². The summed E-state index contributed by atoms with van der Waals surface area (Å²) in [5.74, 6) is -0.222. The summed E-state index contributed by atoms with van der Waals surface area (Å²) in [7, 11) is 0. The molecule has 0 radical (unpaired) electrons. The minimum atomic E-state index is -0.222. The normalized spacial score (nSPS) is 18.2. The average molecular weight is 254 g/mol. The van der Waals surface area contributed by atoms with E-state index in [9.17, 15) is 4.79 Å². The Labute approximate surface area is 111 Å². The lowest BCUT2D eigenvalue weighted by Crippen LogP contribution is -1.98. The molecule has 1 rings (SSSR count).